The molecule has 0 aliphatic carbocycles. The van der Waals surface area contributed by atoms with Crippen molar-refractivity contribution in [2.45, 2.75) is 91.9 Å². The minimum Gasteiger partial charge on any atom is -0.429 e. The second-order valence-corrected chi connectivity index (χ2v) is 32.8. The molecule has 1 aromatic carbocycles. The third-order valence-electron chi connectivity index (χ3n) is 18.4. The molecule has 0 saturated carbocycles. The first-order valence-electron chi connectivity index (χ1n) is 36.9. The predicted octanol–water partition coefficient (Wildman–Crippen LogP) is 23.5. The second-order valence-electron chi connectivity index (χ2n) is 26.3. The van der Waals surface area contributed by atoms with E-state index in [0.29, 0.717) is 117 Å². The van der Waals surface area contributed by atoms with Gasteiger partial charge in [0.15, 0.2) is 0 Å². The quantitative estimate of drug-likeness (QED) is 0.0301. The van der Waals surface area contributed by atoms with Crippen molar-refractivity contribution in [1.29, 1.82) is 0 Å². The highest BCUT2D eigenvalue weighted by atomic mass is 32.1. The van der Waals surface area contributed by atoms with Gasteiger partial charge in [-0.25, -0.2) is 24.9 Å². The highest BCUT2D eigenvalue weighted by Gasteiger charge is 2.21. The molecule has 0 aliphatic heterocycles. The van der Waals surface area contributed by atoms with E-state index in [1.54, 1.807) is 125 Å². The Bertz CT molecular complexity index is 6000. The zero-order chi connectivity index (χ0) is 78.5. The van der Waals surface area contributed by atoms with Crippen molar-refractivity contribution in [2.75, 3.05) is 0 Å². The van der Waals surface area contributed by atoms with Gasteiger partial charge in [-0.3, -0.25) is 44.1 Å². The number of fused-ring (bicyclic) bond motifs is 1. The number of unbranched alkanes of at least 4 members (excludes halogenated alkanes) is 6. The van der Waals surface area contributed by atoms with Gasteiger partial charge in [0, 0.05) is 130 Å². The summed E-state index contributed by atoms with van der Waals surface area (Å²) in [6.45, 7) is 10.3. The number of carbonyl (C=O) groups excluding carboxylic acids is 4. The molecule has 114 heavy (non-hydrogen) atoms. The van der Waals surface area contributed by atoms with E-state index in [-0.39, 0.29) is 0 Å². The van der Waals surface area contributed by atoms with Gasteiger partial charge in [-0.1, -0.05) is 82.7 Å². The van der Waals surface area contributed by atoms with Crippen LogP contribution in [0.15, 0.2) is 230 Å². The molecule has 16 rings (SSSR count). The van der Waals surface area contributed by atoms with Crippen LogP contribution in [0.1, 0.15) is 85.4 Å². The van der Waals surface area contributed by atoms with E-state index in [1.807, 2.05) is 95.6 Å². The third-order valence-corrected chi connectivity index (χ3v) is 24.9. The standard InChI is InChI=1S/C31H27N3O4S2.C30H28N4O2S2.C29H19N3O2S2/c1-2-3-4-5-7-24-18-25(31(40-24)30-8-6-13-39-30)21-9-11-32-26(14-21)28-16-23(38-20-36)17-29(34-28)27-15-22(37-19-35)10-12-33-27;1-3-4-5-6-7-22-12-20(2)38-30(22)29-14-23(17-37-29)21-8-11-32-26(13-21)28-16-24(36-19-35)15-27(34-28)25-9-10-31-18-33-25;1-18-6-7-28(36-18)29-12-22(16-35-29)20-8-9-30-24(11-20)26-13-23(34-17-33)14-27(32-26)25-10-19-4-2-3-5-21(19)15-31-25/h6,8-20H,2-5,7H2,1H3;8-19H,3-7H2,1-2H3;2-17H,1H3. The van der Waals surface area contributed by atoms with Gasteiger partial charge in [-0.15, -0.1) is 68.0 Å². The van der Waals surface area contributed by atoms with Crippen LogP contribution in [0.3, 0.4) is 0 Å². The monoisotopic (exact) mass is 1610 g/mol. The van der Waals surface area contributed by atoms with Crippen molar-refractivity contribution in [3.05, 3.63) is 250 Å². The number of nitrogens with zero attached hydrogens (tertiary/aromatic N) is 10. The number of hydrogen-bond donors (Lipinski definition) is 0. The molecule has 0 amide bonds. The number of rotatable bonds is 30. The van der Waals surface area contributed by atoms with E-state index in [4.69, 9.17) is 33.9 Å². The summed E-state index contributed by atoms with van der Waals surface area (Å²) in [7, 11) is 0. The van der Waals surface area contributed by atoms with Gasteiger partial charge < -0.3 is 18.9 Å². The van der Waals surface area contributed by atoms with E-state index in [2.05, 4.69) is 127 Å². The second kappa shape index (κ2) is 38.4. The lowest BCUT2D eigenvalue weighted by atomic mass is 10.0. The molecule has 0 spiro atoms. The number of hydrogen-bond acceptors (Lipinski definition) is 24. The van der Waals surface area contributed by atoms with Crippen LogP contribution in [-0.4, -0.2) is 75.7 Å². The number of carbonyl (C=O) groups is 4. The van der Waals surface area contributed by atoms with Crippen molar-refractivity contribution in [1.82, 2.24) is 49.8 Å². The van der Waals surface area contributed by atoms with Crippen LogP contribution in [0.4, 0.5) is 0 Å². The van der Waals surface area contributed by atoms with Crippen molar-refractivity contribution in [2.24, 2.45) is 0 Å². The smallest absolute Gasteiger partial charge is 0.298 e. The van der Waals surface area contributed by atoms with Crippen LogP contribution in [0, 0.1) is 13.8 Å². The molecule has 18 nitrogen and oxygen atoms in total. The topological polar surface area (TPSA) is 234 Å². The molecule has 0 N–H and O–H groups in total. The van der Waals surface area contributed by atoms with E-state index in [1.165, 1.54) is 119 Å². The lowest BCUT2D eigenvalue weighted by Crippen LogP contribution is -1.97. The Morgan fingerprint density at radius 3 is 1.44 bits per heavy atom. The van der Waals surface area contributed by atoms with Gasteiger partial charge in [0.1, 0.15) is 29.3 Å². The fourth-order valence-corrected chi connectivity index (χ4v) is 19.0. The Kier molecular flexibility index (Phi) is 26.4. The minimum atomic E-state index is 0.301. The average Bonchev–Trinajstić information content (AvgIpc) is 1.66. The maximum absolute atomic E-state index is 11.2. The molecule has 0 unspecified atom stereocenters. The molecule has 24 heteroatoms. The van der Waals surface area contributed by atoms with Crippen LogP contribution >= 0.6 is 68.0 Å². The summed E-state index contributed by atoms with van der Waals surface area (Å²) in [6, 6.07) is 54.8. The largest absolute Gasteiger partial charge is 0.429 e. The first kappa shape index (κ1) is 78.5. The lowest BCUT2D eigenvalue weighted by Gasteiger charge is -2.09. The van der Waals surface area contributed by atoms with Gasteiger partial charge in [0.25, 0.3) is 25.9 Å². The average molecular weight is 1620 g/mol. The SMILES string of the molecule is CCCCCCc1cc(-c2ccnc(-c3cc(OC=O)cc(-c4cc(OC=O)ccn4)n3)c2)c(-c2cccs2)s1.CCCCCCc1cc(C)sc1-c1cc(-c2ccnc(-c3cc(OC=O)cc(-c4ccncn4)n3)c2)cs1.Cc1ccc(-c2cc(-c3ccnc(-c4cc(OC=O)cc(-c5cc6ccccc6cn5)n4)c3)cs2)s1. The Labute approximate surface area is 683 Å². The Hall–Kier alpha value is -12.2. The number of pyridine rings is 8. The highest BCUT2D eigenvalue weighted by molar-refractivity contribution is 7.22. The molecule has 0 radical (unpaired) electrons. The number of ether oxygens (including phenoxy) is 4. The van der Waals surface area contributed by atoms with E-state index >= 15 is 0 Å². The molecule has 0 fully saturated rings. The normalized spacial score (nSPS) is 10.9. The summed E-state index contributed by atoms with van der Waals surface area (Å²) >= 11 is 10.8. The van der Waals surface area contributed by atoms with Crippen molar-refractivity contribution in [3.63, 3.8) is 0 Å². The molecular formula is C90H74N10O8S6. The fraction of sp³-hybridized carbons (Fsp3) is 0.156. The first-order valence-corrected chi connectivity index (χ1v) is 42.0. The van der Waals surface area contributed by atoms with Gasteiger partial charge in [0.2, 0.25) is 0 Å². The zero-order valence-electron chi connectivity index (χ0n) is 62.5. The fourth-order valence-electron chi connectivity index (χ4n) is 12.8. The molecule has 568 valence electrons. The Morgan fingerprint density at radius 1 is 0.351 bits per heavy atom. The highest BCUT2D eigenvalue weighted by Crippen LogP contribution is 2.45. The molecule has 0 aliphatic rings. The van der Waals surface area contributed by atoms with Crippen LogP contribution in [0.5, 0.6) is 23.0 Å². The van der Waals surface area contributed by atoms with E-state index < -0.39 is 0 Å². The van der Waals surface area contributed by atoms with E-state index in [9.17, 15) is 19.2 Å². The third kappa shape index (κ3) is 19.8. The summed E-state index contributed by atoms with van der Waals surface area (Å²) in [4.78, 5) is 101. The summed E-state index contributed by atoms with van der Waals surface area (Å²) in [5.41, 5.74) is 15.2. The minimum absolute atomic E-state index is 0.301. The summed E-state index contributed by atoms with van der Waals surface area (Å²) in [5.74, 6) is 1.39. The molecule has 0 bridgehead atoms. The number of aromatic nitrogens is 10. The Morgan fingerprint density at radius 2 is 0.877 bits per heavy atom. The number of benzene rings is 1. The molecular weight excluding hydrogens is 1540 g/mol. The van der Waals surface area contributed by atoms with Crippen molar-refractivity contribution in [3.8, 4) is 154 Å². The molecule has 16 aromatic rings. The van der Waals surface area contributed by atoms with Crippen LogP contribution in [0.25, 0.3) is 142 Å². The van der Waals surface area contributed by atoms with Crippen molar-refractivity contribution < 1.29 is 38.1 Å². The maximum atomic E-state index is 11.2. The molecule has 0 atom stereocenters. The zero-order valence-corrected chi connectivity index (χ0v) is 67.4. The van der Waals surface area contributed by atoms with Crippen LogP contribution in [0.2, 0.25) is 0 Å². The summed E-state index contributed by atoms with van der Waals surface area (Å²) in [5, 5.41) is 8.57. The van der Waals surface area contributed by atoms with Crippen LogP contribution < -0.4 is 18.9 Å². The number of aryl methyl sites for hydroxylation is 4. The van der Waals surface area contributed by atoms with E-state index in [0.717, 1.165) is 51.4 Å². The van der Waals surface area contributed by atoms with Gasteiger partial charge >= 0.3 is 0 Å². The van der Waals surface area contributed by atoms with Gasteiger partial charge in [0.05, 0.1) is 73.2 Å². The van der Waals surface area contributed by atoms with Crippen molar-refractivity contribution >= 4 is 105 Å². The molecule has 15 aromatic heterocycles. The summed E-state index contributed by atoms with van der Waals surface area (Å²) in [6.07, 6.45) is 24.0. The van der Waals surface area contributed by atoms with Crippen LogP contribution in [-0.2, 0) is 32.0 Å². The van der Waals surface area contributed by atoms with Gasteiger partial charge in [-0.2, -0.15) is 0 Å². The lowest BCUT2D eigenvalue weighted by molar-refractivity contribution is -0.121. The molecule has 0 saturated heterocycles. The summed E-state index contributed by atoms with van der Waals surface area (Å²) < 4.78 is 20.5. The maximum Gasteiger partial charge on any atom is 0.298 e. The predicted molar refractivity (Wildman–Crippen MR) is 459 cm³/mol. The number of thiophene rings is 6. The molecule has 15 heterocycles. The van der Waals surface area contributed by atoms with Gasteiger partial charge in [-0.05, 0) is 191 Å². The first-order chi connectivity index (χ1) is 56.0. The Balaban J connectivity index is 0.000000142.